The van der Waals surface area contributed by atoms with Gasteiger partial charge in [0.25, 0.3) is 6.43 Å². The molecule has 43 heavy (non-hydrogen) atoms. The number of amides is 4. The summed E-state index contributed by atoms with van der Waals surface area (Å²) in [5, 5.41) is 6.07. The zero-order chi connectivity index (χ0) is 30.6. The predicted molar refractivity (Wildman–Crippen MR) is 151 cm³/mol. The Balaban J connectivity index is 1.21. The Labute approximate surface area is 244 Å². The van der Waals surface area contributed by atoms with E-state index in [1.165, 1.54) is 23.7 Å². The number of nitrogens with one attached hydrogen (secondary N) is 2. The number of alkyl halides is 2. The second-order valence-corrected chi connectivity index (χ2v) is 10.7. The molecule has 2 fully saturated rings. The van der Waals surface area contributed by atoms with Crippen LogP contribution in [-0.2, 0) is 9.59 Å². The highest BCUT2D eigenvalue weighted by Gasteiger charge is 2.46. The number of carbonyl (C=O) groups is 3. The van der Waals surface area contributed by atoms with E-state index in [1.54, 1.807) is 38.4 Å². The van der Waals surface area contributed by atoms with Crippen molar-refractivity contribution in [1.29, 1.82) is 0 Å². The Bertz CT molecular complexity index is 1780. The van der Waals surface area contributed by atoms with E-state index >= 15 is 0 Å². The van der Waals surface area contributed by atoms with Gasteiger partial charge < -0.3 is 15.0 Å². The molecule has 1 aliphatic carbocycles. The monoisotopic (exact) mass is 590 g/mol. The number of rotatable bonds is 8. The number of aromatic nitrogens is 6. The molecule has 1 aliphatic heterocycles. The van der Waals surface area contributed by atoms with Crippen LogP contribution in [0.4, 0.5) is 30.9 Å². The Hall–Kier alpha value is -5.08. The Kier molecular flexibility index (Phi) is 6.94. The van der Waals surface area contributed by atoms with Gasteiger partial charge in [-0.1, -0.05) is 0 Å². The molecule has 222 valence electrons. The number of halogens is 2. The first-order chi connectivity index (χ1) is 20.5. The lowest BCUT2D eigenvalue weighted by molar-refractivity contribution is -0.124. The fourth-order valence-corrected chi connectivity index (χ4v) is 5.07. The summed E-state index contributed by atoms with van der Waals surface area (Å²) in [5.74, 6) is 0.878. The van der Waals surface area contributed by atoms with Gasteiger partial charge in [0, 0.05) is 54.8 Å². The van der Waals surface area contributed by atoms with Gasteiger partial charge in [0.1, 0.15) is 29.8 Å². The van der Waals surface area contributed by atoms with Crippen molar-refractivity contribution in [3.63, 3.8) is 0 Å². The van der Waals surface area contributed by atoms with E-state index < -0.39 is 24.4 Å². The van der Waals surface area contributed by atoms with Gasteiger partial charge in [-0.25, -0.2) is 38.5 Å². The van der Waals surface area contributed by atoms with Crippen LogP contribution in [0.1, 0.15) is 60.3 Å². The molecule has 3 atom stereocenters. The van der Waals surface area contributed by atoms with Gasteiger partial charge >= 0.3 is 6.03 Å². The average molecular weight is 591 g/mol. The SMILES string of the molecule is Cc1ccnc([C@H]2C[C@@H]2C(=O)Nc2cc(N[C@@H](C)c3cn4cc(C(F)F)cc(N5CC(=O)N(C)C5=O)c4n3)nc(C)n2)n1. The van der Waals surface area contributed by atoms with Gasteiger partial charge in [0.15, 0.2) is 5.65 Å². The quantitative estimate of drug-likeness (QED) is 0.292. The number of hydrogen-bond acceptors (Lipinski definition) is 9. The molecular formula is C28H28F2N10O3. The minimum atomic E-state index is -2.80. The number of pyridine rings is 1. The molecular weight excluding hydrogens is 562 g/mol. The second kappa shape index (κ2) is 10.6. The van der Waals surface area contributed by atoms with Gasteiger partial charge in [-0.15, -0.1) is 0 Å². The molecule has 0 unspecified atom stereocenters. The maximum atomic E-state index is 13.7. The van der Waals surface area contributed by atoms with Crippen molar-refractivity contribution in [3.8, 4) is 0 Å². The fraction of sp³-hybridized carbons (Fsp3) is 0.357. The van der Waals surface area contributed by atoms with Crippen molar-refractivity contribution >= 4 is 40.8 Å². The number of nitrogens with zero attached hydrogens (tertiary/aromatic N) is 8. The molecule has 0 spiro atoms. The second-order valence-electron chi connectivity index (χ2n) is 10.7. The third-order valence-electron chi connectivity index (χ3n) is 7.47. The zero-order valence-corrected chi connectivity index (χ0v) is 23.7. The minimum Gasteiger partial charge on any atom is -0.362 e. The molecule has 4 aromatic rings. The first kappa shape index (κ1) is 28.1. The summed E-state index contributed by atoms with van der Waals surface area (Å²) < 4.78 is 28.9. The highest BCUT2D eigenvalue weighted by Crippen LogP contribution is 2.46. The standard InChI is InChI=1S/C28H28F2N10O3/c1-13-5-6-31-25(32-13)17-8-18(17)27(42)37-22-9-21(34-15(3)35-22)33-14(2)19-11-39-10-16(24(29)30)7-20(26(39)36-19)40-12-23(41)38(4)28(40)43/h5-7,9-11,14,17-18,24H,8,12H2,1-4H3,(H2,33,34,35,37,42)/t14-,17-,18-/m0/s1. The molecule has 4 aromatic heterocycles. The number of imide groups is 1. The van der Waals surface area contributed by atoms with Crippen LogP contribution in [0, 0.1) is 19.8 Å². The van der Waals surface area contributed by atoms with Crippen molar-refractivity contribution in [3.05, 3.63) is 65.4 Å². The van der Waals surface area contributed by atoms with Crippen molar-refractivity contribution in [2.24, 2.45) is 5.92 Å². The van der Waals surface area contributed by atoms with Crippen LogP contribution in [0.25, 0.3) is 5.65 Å². The predicted octanol–water partition coefficient (Wildman–Crippen LogP) is 3.78. The first-order valence-electron chi connectivity index (χ1n) is 13.6. The van der Waals surface area contributed by atoms with E-state index in [9.17, 15) is 23.2 Å². The van der Waals surface area contributed by atoms with E-state index in [0.717, 1.165) is 15.5 Å². The molecule has 4 amide bonds. The molecule has 13 nitrogen and oxygen atoms in total. The third kappa shape index (κ3) is 5.45. The number of fused-ring (bicyclic) bond motifs is 1. The zero-order valence-electron chi connectivity index (χ0n) is 23.7. The van der Waals surface area contributed by atoms with Crippen LogP contribution >= 0.6 is 0 Å². The summed E-state index contributed by atoms with van der Waals surface area (Å²) >= 11 is 0. The van der Waals surface area contributed by atoms with E-state index in [4.69, 9.17) is 0 Å². The largest absolute Gasteiger partial charge is 0.362 e. The molecule has 2 N–H and O–H groups in total. The molecule has 1 saturated heterocycles. The molecule has 5 heterocycles. The molecule has 0 radical (unpaired) electrons. The van der Waals surface area contributed by atoms with Gasteiger partial charge in [-0.3, -0.25) is 19.4 Å². The summed E-state index contributed by atoms with van der Waals surface area (Å²) in [4.78, 5) is 61.9. The third-order valence-corrected chi connectivity index (χ3v) is 7.47. The Morgan fingerprint density at radius 2 is 1.84 bits per heavy atom. The van der Waals surface area contributed by atoms with Gasteiger partial charge in [-0.05, 0) is 39.3 Å². The number of urea groups is 1. The molecule has 2 aliphatic rings. The number of hydrogen-bond donors (Lipinski definition) is 2. The van der Waals surface area contributed by atoms with E-state index in [-0.39, 0.29) is 41.2 Å². The maximum absolute atomic E-state index is 13.7. The molecule has 0 bridgehead atoms. The van der Waals surface area contributed by atoms with Crippen LogP contribution in [0.5, 0.6) is 0 Å². The number of carbonyl (C=O) groups excluding carboxylic acids is 3. The Morgan fingerprint density at radius 1 is 1.07 bits per heavy atom. The lowest BCUT2D eigenvalue weighted by Gasteiger charge is -2.17. The lowest BCUT2D eigenvalue weighted by Crippen LogP contribution is -2.30. The van der Waals surface area contributed by atoms with Gasteiger partial charge in [0.05, 0.1) is 17.4 Å². The average Bonchev–Trinajstić information content (AvgIpc) is 3.58. The Morgan fingerprint density at radius 3 is 2.53 bits per heavy atom. The number of imidazole rings is 1. The molecule has 6 rings (SSSR count). The lowest BCUT2D eigenvalue weighted by atomic mass is 10.2. The first-order valence-corrected chi connectivity index (χ1v) is 13.6. The van der Waals surface area contributed by atoms with Crippen LogP contribution in [0.3, 0.4) is 0 Å². The van der Waals surface area contributed by atoms with E-state index in [1.807, 2.05) is 6.92 Å². The van der Waals surface area contributed by atoms with Gasteiger partial charge in [-0.2, -0.15) is 0 Å². The highest BCUT2D eigenvalue weighted by atomic mass is 19.3. The van der Waals surface area contributed by atoms with Crippen LogP contribution < -0.4 is 15.5 Å². The van der Waals surface area contributed by atoms with Crippen molar-refractivity contribution in [2.75, 3.05) is 29.1 Å². The summed E-state index contributed by atoms with van der Waals surface area (Å²) in [6, 6.07) is 3.50. The van der Waals surface area contributed by atoms with Crippen LogP contribution in [0.15, 0.2) is 36.8 Å². The van der Waals surface area contributed by atoms with Crippen LogP contribution in [0.2, 0.25) is 0 Å². The summed E-state index contributed by atoms with van der Waals surface area (Å²) in [7, 11) is 1.34. The van der Waals surface area contributed by atoms with E-state index in [2.05, 4.69) is 35.6 Å². The smallest absolute Gasteiger partial charge is 0.331 e. The summed E-state index contributed by atoms with van der Waals surface area (Å²) in [6.07, 6.45) is 2.35. The van der Waals surface area contributed by atoms with Crippen molar-refractivity contribution in [2.45, 2.75) is 45.6 Å². The number of aryl methyl sites for hydroxylation is 2. The van der Waals surface area contributed by atoms with Crippen LogP contribution in [-0.4, -0.2) is 65.7 Å². The van der Waals surface area contributed by atoms with E-state index in [0.29, 0.717) is 35.4 Å². The number of anilines is 3. The minimum absolute atomic E-state index is 0.0413. The summed E-state index contributed by atoms with van der Waals surface area (Å²) in [5.41, 5.74) is 1.35. The van der Waals surface area contributed by atoms with Gasteiger partial charge in [0.2, 0.25) is 11.8 Å². The fourth-order valence-electron chi connectivity index (χ4n) is 5.07. The molecule has 15 heteroatoms. The molecule has 0 aromatic carbocycles. The molecule has 1 saturated carbocycles. The topological polar surface area (TPSA) is 151 Å². The maximum Gasteiger partial charge on any atom is 0.331 e. The highest BCUT2D eigenvalue weighted by molar-refractivity contribution is 6.13. The normalized spacial score (nSPS) is 19.0. The van der Waals surface area contributed by atoms with Crippen molar-refractivity contribution < 1.29 is 23.2 Å². The van der Waals surface area contributed by atoms with Crippen molar-refractivity contribution in [1.82, 2.24) is 34.2 Å². The number of likely N-dealkylation sites (N-methyl/N-ethyl adjacent to an activating group) is 1. The summed E-state index contributed by atoms with van der Waals surface area (Å²) in [6.45, 7) is 5.10.